The molecule has 1 unspecified atom stereocenters. The number of rotatable bonds is 7. The van der Waals surface area contributed by atoms with Crippen LogP contribution in [0.1, 0.15) is 17.4 Å². The molecule has 1 amide bonds. The minimum atomic E-state index is -1.54. The second-order valence-electron chi connectivity index (χ2n) is 8.00. The standard InChI is InChI=1S/C24H17N11O5/c1-40-16-9-5-4-8-15(16)28-21(37)17(18-27-14-7-3-2-6-13(14)20(36)29-18)33-34-19-12(10-25)11-26-35(19)22-30-23(38)32-24(39)31-22/h2-9,11,17H,1H3,(H,28,37)(H,27,29,36)(H2,30,31,32,38,39). The number of carbonyl (C=O) groups excluding carboxylic acids is 1. The molecule has 0 radical (unpaired) electrons. The monoisotopic (exact) mass is 539 g/mol. The Morgan fingerprint density at radius 3 is 2.62 bits per heavy atom. The van der Waals surface area contributed by atoms with Crippen LogP contribution in [0.4, 0.5) is 11.5 Å². The highest BCUT2D eigenvalue weighted by molar-refractivity contribution is 5.96. The Balaban J connectivity index is 1.63. The molecule has 0 saturated heterocycles. The van der Waals surface area contributed by atoms with Crippen molar-refractivity contribution in [3.05, 3.63) is 97.4 Å². The zero-order valence-electron chi connectivity index (χ0n) is 20.4. The van der Waals surface area contributed by atoms with Gasteiger partial charge in [-0.1, -0.05) is 24.3 Å². The average Bonchev–Trinajstić information content (AvgIpc) is 3.36. The first-order valence-corrected chi connectivity index (χ1v) is 11.4. The maximum Gasteiger partial charge on any atom is 0.352 e. The molecule has 5 aromatic rings. The zero-order chi connectivity index (χ0) is 28.2. The summed E-state index contributed by atoms with van der Waals surface area (Å²) in [7, 11) is 1.43. The average molecular weight is 539 g/mol. The van der Waals surface area contributed by atoms with Gasteiger partial charge < -0.3 is 15.0 Å². The molecule has 0 saturated carbocycles. The normalized spacial score (nSPS) is 11.8. The maximum absolute atomic E-state index is 13.5. The van der Waals surface area contributed by atoms with Gasteiger partial charge in [-0.2, -0.15) is 25.1 Å². The molecule has 40 heavy (non-hydrogen) atoms. The third kappa shape index (κ3) is 4.97. The summed E-state index contributed by atoms with van der Waals surface area (Å²) in [4.78, 5) is 64.5. The predicted octanol–water partition coefficient (Wildman–Crippen LogP) is 1.22. The molecule has 16 heteroatoms. The summed E-state index contributed by atoms with van der Waals surface area (Å²) in [6, 6.07) is 13.5. The van der Waals surface area contributed by atoms with Crippen molar-refractivity contribution in [3.8, 4) is 17.8 Å². The fraction of sp³-hybridized carbons (Fsp3) is 0.0833. The van der Waals surface area contributed by atoms with E-state index in [2.05, 4.69) is 40.6 Å². The second-order valence-corrected chi connectivity index (χ2v) is 8.00. The number of amides is 1. The number of ether oxygens (including phenoxy) is 1. The van der Waals surface area contributed by atoms with Crippen molar-refractivity contribution in [2.75, 3.05) is 12.4 Å². The largest absolute Gasteiger partial charge is 0.495 e. The Hall–Kier alpha value is -6.24. The van der Waals surface area contributed by atoms with Gasteiger partial charge >= 0.3 is 11.4 Å². The van der Waals surface area contributed by atoms with Gasteiger partial charge in [-0.15, -0.1) is 5.11 Å². The summed E-state index contributed by atoms with van der Waals surface area (Å²) >= 11 is 0. The van der Waals surface area contributed by atoms with Gasteiger partial charge in [0.1, 0.15) is 23.2 Å². The number of carbonyl (C=O) groups is 1. The second kappa shape index (κ2) is 10.6. The van der Waals surface area contributed by atoms with E-state index in [4.69, 9.17) is 4.74 Å². The van der Waals surface area contributed by atoms with Crippen LogP contribution in [0.2, 0.25) is 0 Å². The minimum Gasteiger partial charge on any atom is -0.495 e. The van der Waals surface area contributed by atoms with E-state index in [9.17, 15) is 24.4 Å². The first-order chi connectivity index (χ1) is 19.4. The minimum absolute atomic E-state index is 0.115. The maximum atomic E-state index is 13.5. The lowest BCUT2D eigenvalue weighted by atomic mass is 10.2. The number of anilines is 1. The van der Waals surface area contributed by atoms with Gasteiger partial charge in [0.05, 0.1) is 29.9 Å². The Morgan fingerprint density at radius 1 is 1.07 bits per heavy atom. The summed E-state index contributed by atoms with van der Waals surface area (Å²) in [5.74, 6) is -1.14. The summed E-state index contributed by atoms with van der Waals surface area (Å²) < 4.78 is 6.18. The lowest BCUT2D eigenvalue weighted by molar-refractivity contribution is -0.117. The van der Waals surface area contributed by atoms with Crippen LogP contribution < -0.4 is 27.0 Å². The number of benzene rings is 2. The van der Waals surface area contributed by atoms with Crippen LogP contribution in [0.3, 0.4) is 0 Å². The highest BCUT2D eigenvalue weighted by Gasteiger charge is 2.26. The molecule has 0 bridgehead atoms. The van der Waals surface area contributed by atoms with Gasteiger partial charge in [0.25, 0.3) is 11.5 Å². The third-order valence-corrected chi connectivity index (χ3v) is 5.49. The van der Waals surface area contributed by atoms with Crippen molar-refractivity contribution < 1.29 is 9.53 Å². The molecule has 0 aliphatic rings. The number of nitriles is 1. The number of nitrogens with one attached hydrogen (secondary N) is 4. The van der Waals surface area contributed by atoms with Crippen LogP contribution >= 0.6 is 0 Å². The molecule has 4 N–H and O–H groups in total. The van der Waals surface area contributed by atoms with E-state index in [1.54, 1.807) is 48.5 Å². The molecular weight excluding hydrogens is 522 g/mol. The molecule has 0 fully saturated rings. The van der Waals surface area contributed by atoms with E-state index < -0.39 is 28.9 Å². The van der Waals surface area contributed by atoms with Crippen molar-refractivity contribution in [3.63, 3.8) is 0 Å². The third-order valence-electron chi connectivity index (χ3n) is 5.49. The first kappa shape index (κ1) is 25.4. The molecule has 198 valence electrons. The van der Waals surface area contributed by atoms with E-state index in [1.165, 1.54) is 7.11 Å². The molecule has 1 atom stereocenters. The Labute approximate surface area is 222 Å². The van der Waals surface area contributed by atoms with Crippen LogP contribution in [0, 0.1) is 11.3 Å². The van der Waals surface area contributed by atoms with Crippen LogP contribution in [-0.4, -0.2) is 47.7 Å². The van der Waals surface area contributed by atoms with E-state index in [0.29, 0.717) is 22.3 Å². The van der Waals surface area contributed by atoms with Crippen molar-refractivity contribution in [2.24, 2.45) is 10.2 Å². The Morgan fingerprint density at radius 2 is 1.85 bits per heavy atom. The van der Waals surface area contributed by atoms with Gasteiger partial charge in [-0.05, 0) is 24.3 Å². The van der Waals surface area contributed by atoms with Crippen LogP contribution in [0.25, 0.3) is 16.9 Å². The van der Waals surface area contributed by atoms with Crippen LogP contribution in [0.15, 0.2) is 79.3 Å². The number of fused-ring (bicyclic) bond motifs is 1. The number of hydrogen-bond donors (Lipinski definition) is 4. The number of azo groups is 1. The molecule has 0 aliphatic carbocycles. The van der Waals surface area contributed by atoms with Crippen molar-refractivity contribution in [1.29, 1.82) is 5.26 Å². The summed E-state index contributed by atoms with van der Waals surface area (Å²) in [6.07, 6.45) is 1.11. The van der Waals surface area contributed by atoms with E-state index in [1.807, 2.05) is 11.1 Å². The highest BCUT2D eigenvalue weighted by atomic mass is 16.5. The molecule has 16 nitrogen and oxygen atoms in total. The number of aromatic amines is 3. The number of hydrogen-bond acceptors (Lipinski definition) is 11. The number of H-pyrrole nitrogens is 3. The molecule has 5 rings (SSSR count). The smallest absolute Gasteiger partial charge is 0.352 e. The fourth-order valence-electron chi connectivity index (χ4n) is 3.68. The molecule has 0 aliphatic heterocycles. The van der Waals surface area contributed by atoms with Crippen molar-refractivity contribution in [1.82, 2.24) is 34.7 Å². The van der Waals surface area contributed by atoms with Crippen LogP contribution in [0.5, 0.6) is 5.75 Å². The molecule has 3 heterocycles. The Bertz CT molecular complexity index is 1970. The van der Waals surface area contributed by atoms with Crippen molar-refractivity contribution >= 4 is 28.3 Å². The van der Waals surface area contributed by atoms with Crippen LogP contribution in [-0.2, 0) is 4.79 Å². The summed E-state index contributed by atoms with van der Waals surface area (Å²) in [5.41, 5.74) is -1.86. The fourth-order valence-corrected chi connectivity index (χ4v) is 3.68. The molecule has 3 aromatic heterocycles. The number of nitrogens with zero attached hydrogens (tertiary/aromatic N) is 7. The molecule has 0 spiro atoms. The van der Waals surface area contributed by atoms with Crippen molar-refractivity contribution in [2.45, 2.75) is 6.04 Å². The predicted molar refractivity (Wildman–Crippen MR) is 139 cm³/mol. The van der Waals surface area contributed by atoms with Gasteiger partial charge in [0.2, 0.25) is 12.0 Å². The molecule has 2 aromatic carbocycles. The topological polar surface area (TPSA) is 229 Å². The highest BCUT2D eigenvalue weighted by Crippen LogP contribution is 2.27. The van der Waals surface area contributed by atoms with Gasteiger partial charge in [0.15, 0.2) is 5.82 Å². The summed E-state index contributed by atoms with van der Waals surface area (Å²) in [6.45, 7) is 0. The molecular formula is C24H17N11O5. The van der Waals surface area contributed by atoms with E-state index in [-0.39, 0.29) is 23.2 Å². The van der Waals surface area contributed by atoms with E-state index >= 15 is 0 Å². The number of methoxy groups -OCH3 is 1. The van der Waals surface area contributed by atoms with Gasteiger partial charge in [-0.25, -0.2) is 14.6 Å². The van der Waals surface area contributed by atoms with E-state index in [0.717, 1.165) is 10.9 Å². The quantitative estimate of drug-likeness (QED) is 0.218. The van der Waals surface area contributed by atoms with Gasteiger partial charge in [-0.3, -0.25) is 19.6 Å². The lowest BCUT2D eigenvalue weighted by Gasteiger charge is -2.14. The number of aromatic nitrogens is 7. The number of para-hydroxylation sites is 3. The Kier molecular flexibility index (Phi) is 6.75. The SMILES string of the molecule is COc1ccccc1NC(=O)C(N=Nc1c(C#N)cnn1-c1nc(=O)[nH]c(=O)[nH]1)c1nc2ccccc2c(=O)[nH]1. The zero-order valence-corrected chi connectivity index (χ0v) is 20.4. The first-order valence-electron chi connectivity index (χ1n) is 11.4. The summed E-state index contributed by atoms with van der Waals surface area (Å²) in [5, 5.41) is 24.6. The lowest BCUT2D eigenvalue weighted by Crippen LogP contribution is -2.27. The van der Waals surface area contributed by atoms with Gasteiger partial charge in [0, 0.05) is 0 Å².